The van der Waals surface area contributed by atoms with E-state index in [-0.39, 0.29) is 18.2 Å². The summed E-state index contributed by atoms with van der Waals surface area (Å²) >= 11 is 0. The number of nitro benzene ring substituents is 1. The molecule has 2 aromatic rings. The van der Waals surface area contributed by atoms with E-state index < -0.39 is 10.8 Å². The fourth-order valence-electron chi connectivity index (χ4n) is 2.10. The number of benzene rings is 2. The Labute approximate surface area is 145 Å². The lowest BCUT2D eigenvalue weighted by atomic mass is 10.0. The topological polar surface area (TPSA) is 93.8 Å². The maximum Gasteiger partial charge on any atom is 0.277 e. The van der Waals surface area contributed by atoms with E-state index in [4.69, 9.17) is 4.74 Å². The summed E-state index contributed by atoms with van der Waals surface area (Å²) < 4.78 is 5.30. The van der Waals surface area contributed by atoms with Gasteiger partial charge in [-0.2, -0.15) is 5.10 Å². The number of rotatable bonds is 7. The van der Waals surface area contributed by atoms with Gasteiger partial charge in [0.1, 0.15) is 5.75 Å². The molecule has 0 bridgehead atoms. The number of carbonyl (C=O) groups excluding carboxylic acids is 1. The number of nitrogens with zero attached hydrogens (tertiary/aromatic N) is 2. The fourth-order valence-corrected chi connectivity index (χ4v) is 2.10. The Balaban J connectivity index is 1.93. The molecule has 0 heterocycles. The first-order valence-corrected chi connectivity index (χ1v) is 7.76. The molecule has 0 saturated carbocycles. The highest BCUT2D eigenvalue weighted by molar-refractivity contribution is 6.02. The summed E-state index contributed by atoms with van der Waals surface area (Å²) in [6, 6.07) is 15.1. The molecule has 0 fully saturated rings. The summed E-state index contributed by atoms with van der Waals surface area (Å²) in [6.07, 6.45) is 0. The van der Waals surface area contributed by atoms with Crippen molar-refractivity contribution >= 4 is 17.3 Å². The van der Waals surface area contributed by atoms with Crippen molar-refractivity contribution in [2.24, 2.45) is 11.0 Å². The minimum Gasteiger partial charge on any atom is -0.484 e. The van der Waals surface area contributed by atoms with Gasteiger partial charge in [0.05, 0.1) is 10.6 Å². The molecule has 0 aliphatic heterocycles. The van der Waals surface area contributed by atoms with Gasteiger partial charge in [-0.25, -0.2) is 5.43 Å². The number of nitro groups is 1. The van der Waals surface area contributed by atoms with E-state index in [2.05, 4.69) is 10.5 Å². The fraction of sp³-hybridized carbons (Fsp3) is 0.222. The van der Waals surface area contributed by atoms with Gasteiger partial charge < -0.3 is 4.74 Å². The first-order chi connectivity index (χ1) is 12.0. The summed E-state index contributed by atoms with van der Waals surface area (Å²) in [4.78, 5) is 22.0. The molecule has 0 saturated heterocycles. The number of amides is 1. The Morgan fingerprint density at radius 2 is 1.80 bits per heavy atom. The van der Waals surface area contributed by atoms with Crippen molar-refractivity contribution < 1.29 is 14.5 Å². The van der Waals surface area contributed by atoms with Crippen LogP contribution in [0.1, 0.15) is 19.4 Å². The normalized spacial score (nSPS) is 11.2. The Bertz CT molecular complexity index is 756. The Hall–Kier alpha value is -3.22. The van der Waals surface area contributed by atoms with E-state index in [1.807, 2.05) is 44.2 Å². The third kappa shape index (κ3) is 5.42. The molecule has 7 nitrogen and oxygen atoms in total. The van der Waals surface area contributed by atoms with Crippen LogP contribution >= 0.6 is 0 Å². The van der Waals surface area contributed by atoms with Crippen LogP contribution in [0.3, 0.4) is 0 Å². The van der Waals surface area contributed by atoms with Crippen LogP contribution in [0.4, 0.5) is 5.69 Å². The molecule has 1 amide bonds. The lowest BCUT2D eigenvalue weighted by Crippen LogP contribution is -2.27. The molecule has 2 rings (SSSR count). The van der Waals surface area contributed by atoms with Crippen LogP contribution in [0.2, 0.25) is 0 Å². The van der Waals surface area contributed by atoms with Crippen molar-refractivity contribution in [3.8, 4) is 5.75 Å². The Morgan fingerprint density at radius 3 is 2.36 bits per heavy atom. The van der Waals surface area contributed by atoms with Gasteiger partial charge in [0.2, 0.25) is 0 Å². The maximum atomic E-state index is 11.9. The van der Waals surface area contributed by atoms with Crippen molar-refractivity contribution in [2.75, 3.05) is 6.61 Å². The quantitative estimate of drug-likeness (QED) is 0.475. The molecule has 130 valence electrons. The highest BCUT2D eigenvalue weighted by Crippen LogP contribution is 2.17. The molecule has 25 heavy (non-hydrogen) atoms. The lowest BCUT2D eigenvalue weighted by Gasteiger charge is -2.11. The molecule has 0 aromatic heterocycles. The molecule has 0 aliphatic rings. The average Bonchev–Trinajstić information content (AvgIpc) is 2.61. The highest BCUT2D eigenvalue weighted by atomic mass is 16.6. The highest BCUT2D eigenvalue weighted by Gasteiger charge is 2.10. The lowest BCUT2D eigenvalue weighted by molar-refractivity contribution is -0.384. The second-order valence-electron chi connectivity index (χ2n) is 5.59. The van der Waals surface area contributed by atoms with E-state index in [0.29, 0.717) is 5.75 Å². The zero-order chi connectivity index (χ0) is 18.2. The van der Waals surface area contributed by atoms with E-state index in [0.717, 1.165) is 11.3 Å². The summed E-state index contributed by atoms with van der Waals surface area (Å²) in [7, 11) is 0. The first-order valence-electron chi connectivity index (χ1n) is 7.76. The third-order valence-electron chi connectivity index (χ3n) is 3.33. The van der Waals surface area contributed by atoms with Crippen LogP contribution in [0, 0.1) is 16.0 Å². The van der Waals surface area contributed by atoms with Gasteiger partial charge in [-0.1, -0.05) is 44.2 Å². The van der Waals surface area contributed by atoms with Gasteiger partial charge in [-0.05, 0) is 23.6 Å². The van der Waals surface area contributed by atoms with E-state index in [1.165, 1.54) is 24.3 Å². The smallest absolute Gasteiger partial charge is 0.277 e. The zero-order valence-corrected chi connectivity index (χ0v) is 14.0. The van der Waals surface area contributed by atoms with Crippen LogP contribution < -0.4 is 10.2 Å². The van der Waals surface area contributed by atoms with Crippen molar-refractivity contribution in [1.29, 1.82) is 0 Å². The van der Waals surface area contributed by atoms with Gasteiger partial charge in [0.25, 0.3) is 11.6 Å². The third-order valence-corrected chi connectivity index (χ3v) is 3.33. The van der Waals surface area contributed by atoms with Crippen LogP contribution in [-0.2, 0) is 4.79 Å². The SMILES string of the molecule is CC(C)/C(=N\NC(=O)COc1ccc([N+](=O)[O-])cc1)c1ccccc1. The standard InChI is InChI=1S/C18H19N3O4/c1-13(2)18(14-6-4-3-5-7-14)20-19-17(22)12-25-16-10-8-15(9-11-16)21(23)24/h3-11,13H,12H2,1-2H3,(H,19,22)/b20-18+. The van der Waals surface area contributed by atoms with Crippen molar-refractivity contribution in [3.05, 3.63) is 70.3 Å². The largest absolute Gasteiger partial charge is 0.484 e. The summed E-state index contributed by atoms with van der Waals surface area (Å²) in [5, 5.41) is 14.8. The molecule has 2 aromatic carbocycles. The summed E-state index contributed by atoms with van der Waals surface area (Å²) in [5.41, 5.74) is 4.15. The van der Waals surface area contributed by atoms with Gasteiger partial charge in [0.15, 0.2) is 6.61 Å². The van der Waals surface area contributed by atoms with Crippen LogP contribution in [0.15, 0.2) is 59.7 Å². The van der Waals surface area contributed by atoms with Gasteiger partial charge in [-0.15, -0.1) is 0 Å². The van der Waals surface area contributed by atoms with Gasteiger partial charge in [0, 0.05) is 12.1 Å². The molecule has 0 unspecified atom stereocenters. The van der Waals surface area contributed by atoms with Gasteiger partial charge >= 0.3 is 0 Å². The van der Waals surface area contributed by atoms with Crippen LogP contribution in [0.5, 0.6) is 5.75 Å². The number of ether oxygens (including phenoxy) is 1. The zero-order valence-electron chi connectivity index (χ0n) is 14.0. The van der Waals surface area contributed by atoms with E-state index in [9.17, 15) is 14.9 Å². The summed E-state index contributed by atoms with van der Waals surface area (Å²) in [5.74, 6) is 0.0996. The first kappa shape index (κ1) is 18.1. The minimum atomic E-state index is -0.498. The molecular formula is C18H19N3O4. The molecule has 0 aliphatic carbocycles. The van der Waals surface area contributed by atoms with Crippen molar-refractivity contribution in [2.45, 2.75) is 13.8 Å². The average molecular weight is 341 g/mol. The molecule has 7 heteroatoms. The second-order valence-corrected chi connectivity index (χ2v) is 5.59. The Kier molecular flexibility index (Phi) is 6.22. The molecule has 0 atom stereocenters. The molecule has 1 N–H and O–H groups in total. The molecular weight excluding hydrogens is 322 g/mol. The predicted octanol–water partition coefficient (Wildman–Crippen LogP) is 3.15. The van der Waals surface area contributed by atoms with Gasteiger partial charge in [-0.3, -0.25) is 14.9 Å². The second kappa shape index (κ2) is 8.58. The Morgan fingerprint density at radius 1 is 1.16 bits per heavy atom. The number of hydrogen-bond acceptors (Lipinski definition) is 5. The predicted molar refractivity (Wildman–Crippen MR) is 94.6 cm³/mol. The number of non-ortho nitro benzene ring substituents is 1. The molecule has 0 radical (unpaired) electrons. The number of nitrogens with one attached hydrogen (secondary N) is 1. The van der Waals surface area contributed by atoms with E-state index in [1.54, 1.807) is 0 Å². The summed E-state index contributed by atoms with van der Waals surface area (Å²) in [6.45, 7) is 3.75. The number of hydrogen-bond donors (Lipinski definition) is 1. The van der Waals surface area contributed by atoms with E-state index >= 15 is 0 Å². The van der Waals surface area contributed by atoms with Crippen molar-refractivity contribution in [3.63, 3.8) is 0 Å². The van der Waals surface area contributed by atoms with Crippen LogP contribution in [0.25, 0.3) is 0 Å². The molecule has 0 spiro atoms. The number of carbonyl (C=O) groups is 1. The maximum absolute atomic E-state index is 11.9. The monoisotopic (exact) mass is 341 g/mol. The number of hydrazone groups is 1. The minimum absolute atomic E-state index is 0.0363. The van der Waals surface area contributed by atoms with Crippen LogP contribution in [-0.4, -0.2) is 23.1 Å². The van der Waals surface area contributed by atoms with Crippen molar-refractivity contribution in [1.82, 2.24) is 5.43 Å².